The van der Waals surface area contributed by atoms with Crippen LogP contribution in [0.4, 0.5) is 0 Å². The molecule has 0 spiro atoms. The number of fused-ring (bicyclic) bond motifs is 3. The summed E-state index contributed by atoms with van der Waals surface area (Å²) in [5.74, 6) is 1.11. The van der Waals surface area contributed by atoms with Crippen molar-refractivity contribution >= 4 is 34.7 Å². The van der Waals surface area contributed by atoms with Gasteiger partial charge < -0.3 is 4.57 Å². The predicted octanol–water partition coefficient (Wildman–Crippen LogP) is 1.65. The zero-order valence-electron chi connectivity index (χ0n) is 7.60. The molecule has 6 heteroatoms. The molecule has 0 fully saturated rings. The zero-order valence-corrected chi connectivity index (χ0v) is 9.23. The molecular formula is C8H8N4S2. The van der Waals surface area contributed by atoms with Gasteiger partial charge >= 0.3 is 0 Å². The number of thioether (sulfide) groups is 2. The summed E-state index contributed by atoms with van der Waals surface area (Å²) < 4.78 is 2.17. The Morgan fingerprint density at radius 1 is 1.50 bits per heavy atom. The quantitative estimate of drug-likeness (QED) is 0.544. The van der Waals surface area contributed by atoms with Crippen LogP contribution in [0.1, 0.15) is 0 Å². The second kappa shape index (κ2) is 3.13. The maximum Gasteiger partial charge on any atom is 0.189 e. The van der Waals surface area contributed by atoms with E-state index in [2.05, 4.69) is 19.5 Å². The van der Waals surface area contributed by atoms with Crippen molar-refractivity contribution in [2.75, 3.05) is 12.0 Å². The fourth-order valence-corrected chi connectivity index (χ4v) is 2.81. The monoisotopic (exact) mass is 224 g/mol. The predicted molar refractivity (Wildman–Crippen MR) is 57.8 cm³/mol. The van der Waals surface area contributed by atoms with Gasteiger partial charge in [-0.05, 0) is 6.26 Å². The number of hydrogen-bond donors (Lipinski definition) is 0. The standard InChI is InChI=1S/C8H8N4S2/c1-13-7-9-4-5-6(11-7)12-2-3-14-8(12)10-5/h4H,2-3H2,1H3. The van der Waals surface area contributed by atoms with Crippen molar-refractivity contribution in [1.82, 2.24) is 19.5 Å². The van der Waals surface area contributed by atoms with E-state index in [-0.39, 0.29) is 0 Å². The molecule has 0 aromatic carbocycles. The summed E-state index contributed by atoms with van der Waals surface area (Å²) in [5.41, 5.74) is 1.88. The van der Waals surface area contributed by atoms with Crippen molar-refractivity contribution in [3.8, 4) is 0 Å². The molecule has 0 amide bonds. The number of aryl methyl sites for hydroxylation is 1. The van der Waals surface area contributed by atoms with Crippen molar-refractivity contribution < 1.29 is 0 Å². The smallest absolute Gasteiger partial charge is 0.189 e. The fraction of sp³-hybridized carbons (Fsp3) is 0.375. The van der Waals surface area contributed by atoms with Crippen molar-refractivity contribution in [2.24, 2.45) is 0 Å². The van der Waals surface area contributed by atoms with Gasteiger partial charge in [0, 0.05) is 12.3 Å². The minimum Gasteiger partial charge on any atom is -0.303 e. The molecule has 0 atom stereocenters. The summed E-state index contributed by atoms with van der Waals surface area (Å²) in [6.07, 6.45) is 3.79. The lowest BCUT2D eigenvalue weighted by Gasteiger charge is -1.97. The molecule has 0 saturated carbocycles. The minimum atomic E-state index is 0.817. The lowest BCUT2D eigenvalue weighted by Crippen LogP contribution is -1.96. The third-order valence-electron chi connectivity index (χ3n) is 2.16. The second-order valence-electron chi connectivity index (χ2n) is 2.96. The molecule has 0 bridgehead atoms. The van der Waals surface area contributed by atoms with Crippen LogP contribution in [-0.4, -0.2) is 31.5 Å². The van der Waals surface area contributed by atoms with E-state index in [4.69, 9.17) is 0 Å². The summed E-state index contributed by atoms with van der Waals surface area (Å²) >= 11 is 3.35. The van der Waals surface area contributed by atoms with Gasteiger partial charge in [0.05, 0.1) is 6.20 Å². The van der Waals surface area contributed by atoms with Crippen LogP contribution < -0.4 is 0 Å². The Morgan fingerprint density at radius 3 is 3.29 bits per heavy atom. The Kier molecular flexibility index (Phi) is 1.91. The van der Waals surface area contributed by atoms with Crippen LogP contribution in [-0.2, 0) is 6.54 Å². The molecule has 0 N–H and O–H groups in total. The minimum absolute atomic E-state index is 0.817. The van der Waals surface area contributed by atoms with Crippen LogP contribution in [0.3, 0.4) is 0 Å². The molecule has 2 aromatic heterocycles. The second-order valence-corrected chi connectivity index (χ2v) is 4.80. The van der Waals surface area contributed by atoms with Gasteiger partial charge in [-0.1, -0.05) is 23.5 Å². The zero-order chi connectivity index (χ0) is 9.54. The maximum absolute atomic E-state index is 4.46. The summed E-state index contributed by atoms with van der Waals surface area (Å²) in [6.45, 7) is 1.02. The van der Waals surface area contributed by atoms with Crippen LogP contribution >= 0.6 is 23.5 Å². The number of nitrogens with zero attached hydrogens (tertiary/aromatic N) is 4. The highest BCUT2D eigenvalue weighted by Crippen LogP contribution is 2.28. The first-order chi connectivity index (χ1) is 6.88. The van der Waals surface area contributed by atoms with E-state index in [9.17, 15) is 0 Å². The first-order valence-electron chi connectivity index (χ1n) is 4.28. The SMILES string of the molecule is CSc1ncc2nc3n(c2n1)CCS3. The molecule has 0 saturated heterocycles. The van der Waals surface area contributed by atoms with Gasteiger partial charge in [-0.25, -0.2) is 15.0 Å². The summed E-state index contributed by atoms with van der Waals surface area (Å²) in [6, 6.07) is 0. The van der Waals surface area contributed by atoms with Crippen molar-refractivity contribution in [1.29, 1.82) is 0 Å². The number of imidazole rings is 1. The van der Waals surface area contributed by atoms with E-state index >= 15 is 0 Å². The van der Waals surface area contributed by atoms with E-state index in [1.54, 1.807) is 29.7 Å². The third-order valence-corrected chi connectivity index (χ3v) is 3.68. The average Bonchev–Trinajstić information content (AvgIpc) is 2.76. The third kappa shape index (κ3) is 1.14. The first kappa shape index (κ1) is 8.55. The average molecular weight is 224 g/mol. The van der Waals surface area contributed by atoms with Gasteiger partial charge in [0.25, 0.3) is 0 Å². The highest BCUT2D eigenvalue weighted by molar-refractivity contribution is 7.99. The van der Waals surface area contributed by atoms with Gasteiger partial charge in [-0.2, -0.15) is 0 Å². The van der Waals surface area contributed by atoms with Gasteiger partial charge in [0.15, 0.2) is 16.0 Å². The van der Waals surface area contributed by atoms with Crippen molar-refractivity contribution in [3.63, 3.8) is 0 Å². The Labute approximate surface area is 89.5 Å². The van der Waals surface area contributed by atoms with E-state index in [1.807, 2.05) is 6.26 Å². The number of aromatic nitrogens is 4. The summed E-state index contributed by atoms with van der Waals surface area (Å²) in [7, 11) is 0. The molecule has 0 unspecified atom stereocenters. The van der Waals surface area contributed by atoms with Crippen LogP contribution in [0.15, 0.2) is 16.5 Å². The summed E-state index contributed by atoms with van der Waals surface area (Å²) in [4.78, 5) is 13.1. The fourth-order valence-electron chi connectivity index (χ4n) is 1.52. The largest absolute Gasteiger partial charge is 0.303 e. The van der Waals surface area contributed by atoms with E-state index < -0.39 is 0 Å². The van der Waals surface area contributed by atoms with Gasteiger partial charge in [0.2, 0.25) is 0 Å². The van der Waals surface area contributed by atoms with Crippen LogP contribution in [0.25, 0.3) is 11.2 Å². The van der Waals surface area contributed by atoms with Crippen molar-refractivity contribution in [3.05, 3.63) is 6.20 Å². The van der Waals surface area contributed by atoms with E-state index in [1.165, 1.54) is 0 Å². The topological polar surface area (TPSA) is 43.6 Å². The Morgan fingerprint density at radius 2 is 2.43 bits per heavy atom. The Bertz CT molecular complexity index is 493. The molecule has 0 aliphatic carbocycles. The molecule has 3 heterocycles. The molecule has 2 aromatic rings. The normalized spacial score (nSPS) is 14.9. The Balaban J connectivity index is 2.29. The molecule has 1 aliphatic rings. The van der Waals surface area contributed by atoms with Gasteiger partial charge in [-0.3, -0.25) is 0 Å². The molecule has 3 rings (SSSR count). The lowest BCUT2D eigenvalue weighted by atomic mass is 10.5. The molecular weight excluding hydrogens is 216 g/mol. The first-order valence-corrected chi connectivity index (χ1v) is 6.49. The number of hydrogen-bond acceptors (Lipinski definition) is 5. The van der Waals surface area contributed by atoms with Gasteiger partial charge in [0.1, 0.15) is 5.52 Å². The van der Waals surface area contributed by atoms with E-state index in [0.717, 1.165) is 33.8 Å². The van der Waals surface area contributed by atoms with Crippen molar-refractivity contribution in [2.45, 2.75) is 16.9 Å². The number of rotatable bonds is 1. The molecule has 72 valence electrons. The Hall–Kier alpha value is -0.750. The van der Waals surface area contributed by atoms with Crippen LogP contribution in [0.2, 0.25) is 0 Å². The molecule has 4 nitrogen and oxygen atoms in total. The van der Waals surface area contributed by atoms with Crippen LogP contribution in [0.5, 0.6) is 0 Å². The van der Waals surface area contributed by atoms with Gasteiger partial charge in [-0.15, -0.1) is 0 Å². The molecule has 1 aliphatic heterocycles. The maximum atomic E-state index is 4.46. The lowest BCUT2D eigenvalue weighted by molar-refractivity contribution is 0.731. The molecule has 14 heavy (non-hydrogen) atoms. The molecule has 0 radical (unpaired) electrons. The highest BCUT2D eigenvalue weighted by Gasteiger charge is 2.18. The van der Waals surface area contributed by atoms with E-state index in [0.29, 0.717) is 0 Å². The summed E-state index contributed by atoms with van der Waals surface area (Å²) in [5, 5.41) is 1.89. The highest BCUT2D eigenvalue weighted by atomic mass is 32.2. The van der Waals surface area contributed by atoms with Crippen LogP contribution in [0, 0.1) is 0 Å².